The van der Waals surface area contributed by atoms with Crippen molar-refractivity contribution in [3.63, 3.8) is 0 Å². The fourth-order valence-electron chi connectivity index (χ4n) is 3.31. The molecule has 0 aliphatic carbocycles. The average Bonchev–Trinajstić information content (AvgIpc) is 2.76. The van der Waals surface area contributed by atoms with Crippen LogP contribution in [0.2, 0.25) is 0 Å². The third-order valence-electron chi connectivity index (χ3n) is 5.24. The van der Waals surface area contributed by atoms with E-state index in [1.807, 2.05) is 30.3 Å². The molecule has 0 fully saturated rings. The van der Waals surface area contributed by atoms with E-state index in [4.69, 9.17) is 11.5 Å². The number of alkyl halides is 2. The second kappa shape index (κ2) is 11.8. The molecular formula is C24H30F3N3O2. The second-order valence-corrected chi connectivity index (χ2v) is 7.96. The van der Waals surface area contributed by atoms with Crippen molar-refractivity contribution in [1.82, 2.24) is 5.32 Å². The predicted octanol–water partition coefficient (Wildman–Crippen LogP) is 3.23. The number of Topliss-reactive ketones (excluding diaryl/α,β-unsaturated/α-hetero) is 1. The minimum absolute atomic E-state index is 0.139. The zero-order valence-electron chi connectivity index (χ0n) is 18.1. The Morgan fingerprint density at radius 2 is 1.78 bits per heavy atom. The fraction of sp³-hybridized carbons (Fsp3) is 0.417. The Balaban J connectivity index is 2.18. The van der Waals surface area contributed by atoms with Gasteiger partial charge in [-0.2, -0.15) is 0 Å². The zero-order chi connectivity index (χ0) is 23.7. The van der Waals surface area contributed by atoms with Gasteiger partial charge in [-0.05, 0) is 55.5 Å². The van der Waals surface area contributed by atoms with Gasteiger partial charge in [-0.1, -0.05) is 36.4 Å². The van der Waals surface area contributed by atoms with Crippen molar-refractivity contribution in [2.75, 3.05) is 6.54 Å². The van der Waals surface area contributed by atoms with Crippen LogP contribution >= 0.6 is 0 Å². The molecule has 174 valence electrons. The van der Waals surface area contributed by atoms with Crippen LogP contribution in [0.1, 0.15) is 42.9 Å². The molecule has 0 heterocycles. The fourth-order valence-corrected chi connectivity index (χ4v) is 3.31. The molecule has 2 aromatic carbocycles. The van der Waals surface area contributed by atoms with Crippen molar-refractivity contribution in [1.29, 1.82) is 0 Å². The van der Waals surface area contributed by atoms with Gasteiger partial charge in [0.15, 0.2) is 5.78 Å². The minimum Gasteiger partial charge on any atom is -0.345 e. The Kier molecular flexibility index (Phi) is 9.41. The van der Waals surface area contributed by atoms with Crippen LogP contribution in [0.4, 0.5) is 13.2 Å². The molecule has 0 aromatic heterocycles. The highest BCUT2D eigenvalue weighted by atomic mass is 19.3. The number of nitrogens with two attached hydrogens (primary N) is 2. The van der Waals surface area contributed by atoms with E-state index in [-0.39, 0.29) is 17.5 Å². The zero-order valence-corrected chi connectivity index (χ0v) is 18.1. The molecule has 2 rings (SSSR count). The first kappa shape index (κ1) is 25.5. The summed E-state index contributed by atoms with van der Waals surface area (Å²) in [6.07, 6.45) is 1.26. The summed E-state index contributed by atoms with van der Waals surface area (Å²) < 4.78 is 41.5. The number of hydrogen-bond acceptors (Lipinski definition) is 4. The maximum absolute atomic E-state index is 14.2. The Morgan fingerprint density at radius 1 is 1.09 bits per heavy atom. The van der Waals surface area contributed by atoms with Crippen molar-refractivity contribution < 1.29 is 22.8 Å². The summed E-state index contributed by atoms with van der Waals surface area (Å²) in [5.41, 5.74) is 11.8. The maximum atomic E-state index is 14.2. The van der Waals surface area contributed by atoms with Gasteiger partial charge >= 0.3 is 0 Å². The summed E-state index contributed by atoms with van der Waals surface area (Å²) in [6.45, 7) is 1.09. The molecule has 2 atom stereocenters. The summed E-state index contributed by atoms with van der Waals surface area (Å²) in [5.74, 6) is -4.89. The molecule has 0 saturated heterocycles. The van der Waals surface area contributed by atoms with Crippen LogP contribution in [0.15, 0.2) is 48.5 Å². The number of amides is 1. The summed E-state index contributed by atoms with van der Waals surface area (Å²) >= 11 is 0. The molecule has 0 unspecified atom stereocenters. The number of aryl methyl sites for hydroxylation is 1. The molecule has 0 spiro atoms. The number of carbonyl (C=O) groups is 2. The first-order valence-electron chi connectivity index (χ1n) is 10.6. The molecular weight excluding hydrogens is 419 g/mol. The second-order valence-electron chi connectivity index (χ2n) is 7.96. The number of ketones is 1. The van der Waals surface area contributed by atoms with Gasteiger partial charge in [0.2, 0.25) is 5.91 Å². The van der Waals surface area contributed by atoms with Crippen LogP contribution in [0, 0.1) is 5.82 Å². The van der Waals surface area contributed by atoms with Crippen LogP contribution < -0.4 is 16.8 Å². The lowest BCUT2D eigenvalue weighted by Gasteiger charge is -2.21. The molecule has 0 radical (unpaired) electrons. The third-order valence-corrected chi connectivity index (χ3v) is 5.24. The highest BCUT2D eigenvalue weighted by Crippen LogP contribution is 2.28. The van der Waals surface area contributed by atoms with Gasteiger partial charge in [0, 0.05) is 18.9 Å². The minimum atomic E-state index is -3.16. The van der Waals surface area contributed by atoms with Gasteiger partial charge in [0.25, 0.3) is 5.92 Å². The molecule has 2 aromatic rings. The number of benzene rings is 2. The summed E-state index contributed by atoms with van der Waals surface area (Å²) in [6, 6.07) is 10.5. The van der Waals surface area contributed by atoms with Gasteiger partial charge < -0.3 is 16.8 Å². The summed E-state index contributed by atoms with van der Waals surface area (Å²) in [7, 11) is 0. The maximum Gasteiger partial charge on any atom is 0.270 e. The highest BCUT2D eigenvalue weighted by Gasteiger charge is 2.28. The average molecular weight is 450 g/mol. The van der Waals surface area contributed by atoms with E-state index in [2.05, 4.69) is 5.32 Å². The monoisotopic (exact) mass is 449 g/mol. The van der Waals surface area contributed by atoms with Gasteiger partial charge in [-0.25, -0.2) is 13.2 Å². The summed E-state index contributed by atoms with van der Waals surface area (Å²) in [4.78, 5) is 25.5. The lowest BCUT2D eigenvalue weighted by molar-refractivity contribution is -0.128. The molecule has 5 nitrogen and oxygen atoms in total. The van der Waals surface area contributed by atoms with Crippen molar-refractivity contribution in [2.24, 2.45) is 11.5 Å². The standard InChI is InChI=1S/C24H30F3N3O2/c1-24(26,27)18-10-11-19(25)17(14-18)15-22(31)21(12-9-16-6-3-2-4-7-16)30-23(32)20(29)8-5-13-28/h2-4,6-7,10-11,14,20-21H,5,8-9,12-13,15,28-29H2,1H3,(H,30,32)/t20-,21+/m0/s1. The van der Waals surface area contributed by atoms with Crippen molar-refractivity contribution >= 4 is 11.7 Å². The Bertz CT molecular complexity index is 901. The van der Waals surface area contributed by atoms with Crippen LogP contribution in [0.3, 0.4) is 0 Å². The van der Waals surface area contributed by atoms with E-state index < -0.39 is 41.9 Å². The predicted molar refractivity (Wildman–Crippen MR) is 118 cm³/mol. The molecule has 8 heteroatoms. The normalized spacial score (nSPS) is 13.4. The van der Waals surface area contributed by atoms with Crippen LogP contribution in [-0.4, -0.2) is 30.3 Å². The van der Waals surface area contributed by atoms with E-state index in [1.165, 1.54) is 0 Å². The molecule has 0 saturated carbocycles. The van der Waals surface area contributed by atoms with E-state index in [1.54, 1.807) is 0 Å². The molecule has 0 aliphatic heterocycles. The quantitative estimate of drug-likeness (QED) is 0.463. The van der Waals surface area contributed by atoms with Crippen molar-refractivity contribution in [3.8, 4) is 0 Å². The topological polar surface area (TPSA) is 98.2 Å². The van der Waals surface area contributed by atoms with Crippen molar-refractivity contribution in [3.05, 3.63) is 71.0 Å². The van der Waals surface area contributed by atoms with Gasteiger partial charge in [0.05, 0.1) is 12.1 Å². The number of halogens is 3. The van der Waals surface area contributed by atoms with Crippen LogP contribution in [-0.2, 0) is 28.4 Å². The molecule has 1 amide bonds. The largest absolute Gasteiger partial charge is 0.345 e. The highest BCUT2D eigenvalue weighted by molar-refractivity contribution is 5.92. The molecule has 32 heavy (non-hydrogen) atoms. The number of nitrogens with one attached hydrogen (secondary N) is 1. The smallest absolute Gasteiger partial charge is 0.270 e. The van der Waals surface area contributed by atoms with E-state index in [9.17, 15) is 22.8 Å². The van der Waals surface area contributed by atoms with Gasteiger partial charge in [-0.3, -0.25) is 9.59 Å². The first-order valence-corrected chi connectivity index (χ1v) is 10.6. The van der Waals surface area contributed by atoms with Gasteiger partial charge in [0.1, 0.15) is 5.82 Å². The molecule has 5 N–H and O–H groups in total. The Hall–Kier alpha value is -2.71. The molecule has 0 aliphatic rings. The van der Waals surface area contributed by atoms with Crippen LogP contribution in [0.25, 0.3) is 0 Å². The summed E-state index contributed by atoms with van der Waals surface area (Å²) in [5, 5.41) is 2.66. The SMILES string of the molecule is CC(F)(F)c1ccc(F)c(CC(=O)[C@@H](CCc2ccccc2)NC(=O)[C@@H](N)CCCN)c1. The van der Waals surface area contributed by atoms with Gasteiger partial charge in [-0.15, -0.1) is 0 Å². The third kappa shape index (κ3) is 7.76. The van der Waals surface area contributed by atoms with E-state index >= 15 is 0 Å². The first-order chi connectivity index (χ1) is 15.1. The van der Waals surface area contributed by atoms with Crippen molar-refractivity contribution in [2.45, 2.75) is 57.0 Å². The molecule has 0 bridgehead atoms. The Morgan fingerprint density at radius 3 is 2.41 bits per heavy atom. The lowest BCUT2D eigenvalue weighted by Crippen LogP contribution is -2.49. The number of rotatable bonds is 12. The van der Waals surface area contributed by atoms with E-state index in [0.717, 1.165) is 23.8 Å². The van der Waals surface area contributed by atoms with E-state index in [0.29, 0.717) is 32.7 Å². The Labute approximate surface area is 186 Å². The lowest BCUT2D eigenvalue weighted by atomic mass is 9.95. The number of hydrogen-bond donors (Lipinski definition) is 3. The number of carbonyl (C=O) groups excluding carboxylic acids is 2. The van der Waals surface area contributed by atoms with Crippen LogP contribution in [0.5, 0.6) is 0 Å².